The summed E-state index contributed by atoms with van der Waals surface area (Å²) >= 11 is 0. The van der Waals surface area contributed by atoms with Gasteiger partial charge in [-0.15, -0.1) is 0 Å². The van der Waals surface area contributed by atoms with Crippen molar-refractivity contribution >= 4 is 0 Å². The van der Waals surface area contributed by atoms with Crippen LogP contribution in [0.15, 0.2) is 47.1 Å². The minimum absolute atomic E-state index is 0.576. The van der Waals surface area contributed by atoms with Gasteiger partial charge in [-0.25, -0.2) is 0 Å². The standard InChI is InChI=1S/C14H18/c1-10-6-4-9-14(12(10)3)13-8-5-7-11(13)2/h5,7-8,13H,1,4,6,9H2,2-3H3. The van der Waals surface area contributed by atoms with Gasteiger partial charge in [0.1, 0.15) is 0 Å². The third-order valence-electron chi connectivity index (χ3n) is 3.47. The van der Waals surface area contributed by atoms with E-state index in [1.54, 1.807) is 5.57 Å². The number of allylic oxidation sites excluding steroid dienone is 7. The monoisotopic (exact) mass is 186 g/mol. The second-order valence-corrected chi connectivity index (χ2v) is 4.38. The summed E-state index contributed by atoms with van der Waals surface area (Å²) in [6.07, 6.45) is 10.4. The summed E-state index contributed by atoms with van der Waals surface area (Å²) < 4.78 is 0. The Balaban J connectivity index is 2.33. The molecular formula is C14H18. The Labute approximate surface area is 86.7 Å². The van der Waals surface area contributed by atoms with Crippen molar-refractivity contribution in [3.05, 3.63) is 47.1 Å². The average Bonchev–Trinajstić information content (AvgIpc) is 2.57. The van der Waals surface area contributed by atoms with E-state index in [9.17, 15) is 0 Å². The van der Waals surface area contributed by atoms with E-state index in [0.29, 0.717) is 5.92 Å². The molecule has 0 saturated carbocycles. The molecule has 0 spiro atoms. The van der Waals surface area contributed by atoms with Gasteiger partial charge in [0.2, 0.25) is 0 Å². The van der Waals surface area contributed by atoms with E-state index in [1.165, 1.54) is 36.0 Å². The Bertz CT molecular complexity index is 350. The Kier molecular flexibility index (Phi) is 2.45. The number of hydrogen-bond donors (Lipinski definition) is 0. The largest absolute Gasteiger partial charge is 0.0956 e. The Morgan fingerprint density at radius 2 is 2.07 bits per heavy atom. The summed E-state index contributed by atoms with van der Waals surface area (Å²) in [5.74, 6) is 0.576. The lowest BCUT2D eigenvalue weighted by Gasteiger charge is -2.24. The first kappa shape index (κ1) is 9.51. The zero-order chi connectivity index (χ0) is 10.1. The summed E-state index contributed by atoms with van der Waals surface area (Å²) in [6, 6.07) is 0. The fourth-order valence-corrected chi connectivity index (χ4v) is 2.45. The van der Waals surface area contributed by atoms with Crippen molar-refractivity contribution in [2.45, 2.75) is 33.1 Å². The zero-order valence-corrected chi connectivity index (χ0v) is 9.14. The van der Waals surface area contributed by atoms with E-state index in [2.05, 4.69) is 38.7 Å². The quantitative estimate of drug-likeness (QED) is 0.576. The van der Waals surface area contributed by atoms with Gasteiger partial charge in [0.05, 0.1) is 0 Å². The third-order valence-corrected chi connectivity index (χ3v) is 3.47. The normalized spacial score (nSPS) is 27.1. The van der Waals surface area contributed by atoms with Crippen molar-refractivity contribution in [1.29, 1.82) is 0 Å². The average molecular weight is 186 g/mol. The molecule has 1 atom stereocenters. The number of hydrogen-bond acceptors (Lipinski definition) is 0. The second kappa shape index (κ2) is 3.61. The SMILES string of the molecule is C=C1CCCC(C2C=CC=C2C)=C1C. The van der Waals surface area contributed by atoms with Gasteiger partial charge in [0, 0.05) is 5.92 Å². The van der Waals surface area contributed by atoms with Crippen molar-refractivity contribution in [1.82, 2.24) is 0 Å². The first-order chi connectivity index (χ1) is 6.70. The molecule has 0 aromatic carbocycles. The van der Waals surface area contributed by atoms with E-state index in [-0.39, 0.29) is 0 Å². The van der Waals surface area contributed by atoms with Gasteiger partial charge in [-0.05, 0) is 38.7 Å². The van der Waals surface area contributed by atoms with Crippen molar-refractivity contribution < 1.29 is 0 Å². The number of rotatable bonds is 1. The molecule has 0 nitrogen and oxygen atoms in total. The van der Waals surface area contributed by atoms with E-state index in [0.717, 1.165) is 0 Å². The van der Waals surface area contributed by atoms with Crippen LogP contribution < -0.4 is 0 Å². The summed E-state index contributed by atoms with van der Waals surface area (Å²) in [5, 5.41) is 0. The highest BCUT2D eigenvalue weighted by molar-refractivity contribution is 5.43. The van der Waals surface area contributed by atoms with Crippen LogP contribution in [0.1, 0.15) is 33.1 Å². The molecule has 2 aliphatic carbocycles. The molecule has 0 saturated heterocycles. The topological polar surface area (TPSA) is 0 Å². The molecule has 0 heterocycles. The Morgan fingerprint density at radius 1 is 1.29 bits per heavy atom. The van der Waals surface area contributed by atoms with Crippen LogP contribution in [-0.4, -0.2) is 0 Å². The van der Waals surface area contributed by atoms with Crippen LogP contribution in [0.4, 0.5) is 0 Å². The molecule has 0 fully saturated rings. The molecule has 1 unspecified atom stereocenters. The highest BCUT2D eigenvalue weighted by atomic mass is 14.3. The van der Waals surface area contributed by atoms with Crippen molar-refractivity contribution in [3.8, 4) is 0 Å². The molecular weight excluding hydrogens is 168 g/mol. The highest BCUT2D eigenvalue weighted by Gasteiger charge is 2.21. The van der Waals surface area contributed by atoms with E-state index >= 15 is 0 Å². The van der Waals surface area contributed by atoms with E-state index in [1.807, 2.05) is 0 Å². The maximum absolute atomic E-state index is 4.14. The Morgan fingerprint density at radius 3 is 2.71 bits per heavy atom. The molecule has 0 heteroatoms. The summed E-state index contributed by atoms with van der Waals surface area (Å²) in [7, 11) is 0. The first-order valence-corrected chi connectivity index (χ1v) is 5.43. The predicted molar refractivity (Wildman–Crippen MR) is 62.1 cm³/mol. The van der Waals surface area contributed by atoms with Gasteiger partial charge >= 0.3 is 0 Å². The Hall–Kier alpha value is -1.04. The summed E-state index contributed by atoms with van der Waals surface area (Å²) in [4.78, 5) is 0. The highest BCUT2D eigenvalue weighted by Crippen LogP contribution is 2.37. The lowest BCUT2D eigenvalue weighted by Crippen LogP contribution is -2.08. The first-order valence-electron chi connectivity index (χ1n) is 5.43. The van der Waals surface area contributed by atoms with Gasteiger partial charge in [0.25, 0.3) is 0 Å². The molecule has 0 aliphatic heterocycles. The van der Waals surface area contributed by atoms with Crippen LogP contribution in [-0.2, 0) is 0 Å². The van der Waals surface area contributed by atoms with Crippen LogP contribution in [0, 0.1) is 5.92 Å². The summed E-state index contributed by atoms with van der Waals surface area (Å²) in [6.45, 7) is 8.60. The van der Waals surface area contributed by atoms with Crippen LogP contribution in [0.25, 0.3) is 0 Å². The predicted octanol–water partition coefficient (Wildman–Crippen LogP) is 4.18. The minimum atomic E-state index is 0.576. The van der Waals surface area contributed by atoms with Crippen LogP contribution in [0.2, 0.25) is 0 Å². The lowest BCUT2D eigenvalue weighted by atomic mass is 9.81. The van der Waals surface area contributed by atoms with Crippen molar-refractivity contribution in [3.63, 3.8) is 0 Å². The lowest BCUT2D eigenvalue weighted by molar-refractivity contribution is 0.700. The molecule has 0 amide bonds. The summed E-state index contributed by atoms with van der Waals surface area (Å²) in [5.41, 5.74) is 5.89. The van der Waals surface area contributed by atoms with Crippen molar-refractivity contribution in [2.75, 3.05) is 0 Å². The van der Waals surface area contributed by atoms with E-state index < -0.39 is 0 Å². The molecule has 0 aromatic heterocycles. The maximum Gasteiger partial charge on any atom is 0.0196 e. The minimum Gasteiger partial charge on any atom is -0.0956 e. The van der Waals surface area contributed by atoms with Gasteiger partial charge in [-0.3, -0.25) is 0 Å². The van der Waals surface area contributed by atoms with Gasteiger partial charge in [-0.1, -0.05) is 41.5 Å². The molecule has 0 bridgehead atoms. The van der Waals surface area contributed by atoms with Gasteiger partial charge in [-0.2, -0.15) is 0 Å². The molecule has 0 radical (unpaired) electrons. The van der Waals surface area contributed by atoms with E-state index in [4.69, 9.17) is 0 Å². The van der Waals surface area contributed by atoms with Crippen LogP contribution in [0.3, 0.4) is 0 Å². The third kappa shape index (κ3) is 1.50. The van der Waals surface area contributed by atoms with Crippen molar-refractivity contribution in [2.24, 2.45) is 5.92 Å². The molecule has 2 rings (SSSR count). The smallest absolute Gasteiger partial charge is 0.0196 e. The zero-order valence-electron chi connectivity index (χ0n) is 9.14. The van der Waals surface area contributed by atoms with Crippen LogP contribution >= 0.6 is 0 Å². The fraction of sp³-hybridized carbons (Fsp3) is 0.429. The molecule has 74 valence electrons. The van der Waals surface area contributed by atoms with Gasteiger partial charge < -0.3 is 0 Å². The molecule has 2 aliphatic rings. The molecule has 0 aromatic rings. The maximum atomic E-state index is 4.14. The fourth-order valence-electron chi connectivity index (χ4n) is 2.45. The van der Waals surface area contributed by atoms with Gasteiger partial charge in [0.15, 0.2) is 0 Å². The second-order valence-electron chi connectivity index (χ2n) is 4.38. The molecule has 14 heavy (non-hydrogen) atoms. The molecule has 0 N–H and O–H groups in total. The van der Waals surface area contributed by atoms with Crippen LogP contribution in [0.5, 0.6) is 0 Å².